The smallest absolute Gasteiger partial charge is 0.261 e. The number of ether oxygens (including phenoxy) is 1. The molecule has 0 atom stereocenters. The van der Waals surface area contributed by atoms with Gasteiger partial charge in [0.05, 0.1) is 12.2 Å². The van der Waals surface area contributed by atoms with Gasteiger partial charge in [-0.3, -0.25) is 10.1 Å². The van der Waals surface area contributed by atoms with Crippen molar-refractivity contribution in [2.75, 3.05) is 6.61 Å². The number of rotatable bonds is 4. The summed E-state index contributed by atoms with van der Waals surface area (Å²) in [4.78, 5) is 12.3. The second-order valence-corrected chi connectivity index (χ2v) is 5.95. The molecule has 0 bridgehead atoms. The van der Waals surface area contributed by atoms with E-state index in [9.17, 15) is 4.79 Å². The predicted molar refractivity (Wildman–Crippen MR) is 92.3 cm³/mol. The highest BCUT2D eigenvalue weighted by Gasteiger charge is 2.16. The van der Waals surface area contributed by atoms with E-state index in [1.54, 1.807) is 12.1 Å². The van der Waals surface area contributed by atoms with Gasteiger partial charge in [-0.1, -0.05) is 37.8 Å². The first kappa shape index (κ1) is 16.7. The third-order valence-corrected chi connectivity index (χ3v) is 4.07. The zero-order chi connectivity index (χ0) is 15.8. The topological polar surface area (TPSA) is 50.4 Å². The maximum Gasteiger partial charge on any atom is 0.261 e. The highest BCUT2D eigenvalue weighted by Crippen LogP contribution is 2.18. The van der Waals surface area contributed by atoms with E-state index < -0.39 is 0 Å². The minimum absolute atomic E-state index is 0.227. The van der Waals surface area contributed by atoms with Gasteiger partial charge in [0.15, 0.2) is 5.11 Å². The van der Waals surface area contributed by atoms with Crippen molar-refractivity contribution in [2.45, 2.75) is 51.5 Å². The Kier molecular flexibility index (Phi) is 6.65. The molecule has 0 aliphatic heterocycles. The molecule has 1 aliphatic carbocycles. The van der Waals surface area contributed by atoms with E-state index in [0.717, 1.165) is 12.8 Å². The van der Waals surface area contributed by atoms with Crippen molar-refractivity contribution in [2.24, 2.45) is 0 Å². The SMILES string of the molecule is CCOc1ccccc1C(=O)NC(=S)NC1CCCCCC1. The fourth-order valence-corrected chi connectivity index (χ4v) is 3.01. The number of hydrogen-bond acceptors (Lipinski definition) is 3. The van der Waals surface area contributed by atoms with Gasteiger partial charge >= 0.3 is 0 Å². The second-order valence-electron chi connectivity index (χ2n) is 5.55. The summed E-state index contributed by atoms with van der Waals surface area (Å²) in [5.41, 5.74) is 0.509. The van der Waals surface area contributed by atoms with Crippen LogP contribution in [0.2, 0.25) is 0 Å². The quantitative estimate of drug-likeness (QED) is 0.659. The maximum absolute atomic E-state index is 12.3. The van der Waals surface area contributed by atoms with Gasteiger partial charge in [-0.2, -0.15) is 0 Å². The molecule has 0 heterocycles. The summed E-state index contributed by atoms with van der Waals surface area (Å²) in [5, 5.41) is 6.44. The van der Waals surface area contributed by atoms with E-state index in [4.69, 9.17) is 17.0 Å². The summed E-state index contributed by atoms with van der Waals surface area (Å²) >= 11 is 5.28. The van der Waals surface area contributed by atoms with Crippen molar-refractivity contribution in [3.63, 3.8) is 0 Å². The normalized spacial score (nSPS) is 15.7. The number of benzene rings is 1. The third kappa shape index (κ3) is 4.98. The van der Waals surface area contributed by atoms with E-state index in [1.807, 2.05) is 19.1 Å². The first-order chi connectivity index (χ1) is 10.7. The van der Waals surface area contributed by atoms with E-state index in [2.05, 4.69) is 10.6 Å². The van der Waals surface area contributed by atoms with Crippen LogP contribution in [-0.2, 0) is 0 Å². The van der Waals surface area contributed by atoms with Crippen LogP contribution in [0.3, 0.4) is 0 Å². The Bertz CT molecular complexity index is 511. The Labute approximate surface area is 137 Å². The van der Waals surface area contributed by atoms with E-state index >= 15 is 0 Å². The van der Waals surface area contributed by atoms with Crippen LogP contribution in [0.15, 0.2) is 24.3 Å². The molecule has 0 unspecified atom stereocenters. The van der Waals surface area contributed by atoms with Gasteiger partial charge in [-0.25, -0.2) is 0 Å². The first-order valence-electron chi connectivity index (χ1n) is 8.04. The molecular formula is C17H24N2O2S. The molecule has 0 aromatic heterocycles. The van der Waals surface area contributed by atoms with Gasteiger partial charge in [0, 0.05) is 6.04 Å². The second kappa shape index (κ2) is 8.73. The van der Waals surface area contributed by atoms with Gasteiger partial charge in [-0.15, -0.1) is 0 Å². The van der Waals surface area contributed by atoms with Gasteiger partial charge in [-0.05, 0) is 44.1 Å². The molecule has 1 amide bonds. The van der Waals surface area contributed by atoms with Gasteiger partial charge < -0.3 is 10.1 Å². The van der Waals surface area contributed by atoms with Crippen LogP contribution in [-0.4, -0.2) is 23.7 Å². The highest BCUT2D eigenvalue weighted by molar-refractivity contribution is 7.80. The maximum atomic E-state index is 12.3. The Hall–Kier alpha value is -1.62. The lowest BCUT2D eigenvalue weighted by atomic mass is 10.1. The van der Waals surface area contributed by atoms with Crippen molar-refractivity contribution >= 4 is 23.2 Å². The Morgan fingerprint density at radius 1 is 1.23 bits per heavy atom. The van der Waals surface area contributed by atoms with Crippen LogP contribution in [0, 0.1) is 0 Å². The largest absolute Gasteiger partial charge is 0.493 e. The van der Waals surface area contributed by atoms with Gasteiger partial charge in [0.2, 0.25) is 0 Å². The summed E-state index contributed by atoms with van der Waals surface area (Å²) in [6, 6.07) is 7.58. The number of hydrogen-bond donors (Lipinski definition) is 2. The molecule has 0 radical (unpaired) electrons. The van der Waals surface area contributed by atoms with Gasteiger partial charge in [0.25, 0.3) is 5.91 Å². The number of nitrogens with one attached hydrogen (secondary N) is 2. The number of para-hydroxylation sites is 1. The standard InChI is InChI=1S/C17H24N2O2S/c1-2-21-15-12-8-7-11-14(15)16(20)19-17(22)18-13-9-5-3-4-6-10-13/h7-8,11-13H,2-6,9-10H2,1H3,(H2,18,19,20,22). The van der Waals surface area contributed by atoms with Crippen LogP contribution in [0.25, 0.3) is 0 Å². The third-order valence-electron chi connectivity index (χ3n) is 3.85. The van der Waals surface area contributed by atoms with Crippen molar-refractivity contribution in [1.29, 1.82) is 0 Å². The molecule has 0 spiro atoms. The van der Waals surface area contributed by atoms with Crippen molar-refractivity contribution in [3.05, 3.63) is 29.8 Å². The van der Waals surface area contributed by atoms with Crippen molar-refractivity contribution < 1.29 is 9.53 Å². The summed E-state index contributed by atoms with van der Waals surface area (Å²) in [6.45, 7) is 2.42. The monoisotopic (exact) mass is 320 g/mol. The lowest BCUT2D eigenvalue weighted by molar-refractivity contribution is 0.0972. The predicted octanol–water partition coefficient (Wildman–Crippen LogP) is 3.41. The summed E-state index contributed by atoms with van der Waals surface area (Å²) < 4.78 is 5.48. The molecule has 2 N–H and O–H groups in total. The molecule has 1 aliphatic rings. The molecule has 1 fully saturated rings. The first-order valence-corrected chi connectivity index (χ1v) is 8.45. The zero-order valence-corrected chi connectivity index (χ0v) is 13.9. The molecule has 1 saturated carbocycles. The number of amides is 1. The van der Waals surface area contributed by atoms with Crippen LogP contribution in [0.1, 0.15) is 55.8 Å². The van der Waals surface area contributed by atoms with E-state index in [0.29, 0.717) is 29.1 Å². The highest BCUT2D eigenvalue weighted by atomic mass is 32.1. The molecular weight excluding hydrogens is 296 g/mol. The number of carbonyl (C=O) groups is 1. The van der Waals surface area contributed by atoms with Crippen LogP contribution < -0.4 is 15.4 Å². The van der Waals surface area contributed by atoms with Crippen molar-refractivity contribution in [3.8, 4) is 5.75 Å². The summed E-state index contributed by atoms with van der Waals surface area (Å²) in [5.74, 6) is 0.356. The molecule has 2 rings (SSSR count). The fraction of sp³-hybridized carbons (Fsp3) is 0.529. The number of thiocarbonyl (C=S) groups is 1. The van der Waals surface area contributed by atoms with Crippen LogP contribution in [0.5, 0.6) is 5.75 Å². The zero-order valence-electron chi connectivity index (χ0n) is 13.1. The van der Waals surface area contributed by atoms with E-state index in [-0.39, 0.29) is 5.91 Å². The Balaban J connectivity index is 1.92. The Morgan fingerprint density at radius 2 is 1.91 bits per heavy atom. The van der Waals surface area contributed by atoms with Crippen LogP contribution >= 0.6 is 12.2 Å². The molecule has 1 aromatic carbocycles. The molecule has 1 aromatic rings. The molecule has 22 heavy (non-hydrogen) atoms. The minimum Gasteiger partial charge on any atom is -0.493 e. The molecule has 120 valence electrons. The molecule has 4 nitrogen and oxygen atoms in total. The summed E-state index contributed by atoms with van der Waals surface area (Å²) in [6.07, 6.45) is 7.26. The summed E-state index contributed by atoms with van der Waals surface area (Å²) in [7, 11) is 0. The van der Waals surface area contributed by atoms with Crippen LogP contribution in [0.4, 0.5) is 0 Å². The minimum atomic E-state index is -0.227. The molecule has 0 saturated heterocycles. The lowest BCUT2D eigenvalue weighted by Crippen LogP contribution is -2.44. The molecule has 5 heteroatoms. The average Bonchev–Trinajstić information content (AvgIpc) is 2.76. The van der Waals surface area contributed by atoms with E-state index in [1.165, 1.54) is 25.7 Å². The number of carbonyl (C=O) groups excluding carboxylic acids is 1. The Morgan fingerprint density at radius 3 is 2.59 bits per heavy atom. The van der Waals surface area contributed by atoms with Gasteiger partial charge in [0.1, 0.15) is 5.75 Å². The fourth-order valence-electron chi connectivity index (χ4n) is 2.75. The average molecular weight is 320 g/mol. The lowest BCUT2D eigenvalue weighted by Gasteiger charge is -2.19. The van der Waals surface area contributed by atoms with Crippen molar-refractivity contribution in [1.82, 2.24) is 10.6 Å².